The van der Waals surface area contributed by atoms with Gasteiger partial charge in [0.2, 0.25) is 0 Å². The van der Waals surface area contributed by atoms with E-state index in [1.165, 1.54) is 13.0 Å². The number of halogens is 3. The molecule has 0 aliphatic heterocycles. The number of rotatable bonds is 1. The molecule has 1 aromatic rings. The first-order chi connectivity index (χ1) is 6.36. The Morgan fingerprint density at radius 2 is 1.86 bits per heavy atom. The van der Waals surface area contributed by atoms with E-state index in [0.29, 0.717) is 5.69 Å². The molecule has 1 nitrogen and oxygen atoms in total. The number of alkyl halides is 3. The van der Waals surface area contributed by atoms with Crippen LogP contribution in [0.25, 0.3) is 0 Å². The topological polar surface area (TPSA) is 12.0 Å². The number of benzene rings is 1. The van der Waals surface area contributed by atoms with Crippen molar-refractivity contribution >= 4 is 19.0 Å². The highest BCUT2D eigenvalue weighted by Gasteiger charge is 2.33. The Hall–Kier alpha value is -1.13. The van der Waals surface area contributed by atoms with E-state index >= 15 is 0 Å². The van der Waals surface area contributed by atoms with Crippen molar-refractivity contribution in [2.75, 3.05) is 12.4 Å². The molecule has 0 aromatic heterocycles. The lowest BCUT2D eigenvalue weighted by molar-refractivity contribution is -0.137. The standard InChI is InChI=1S/C9H9BF3N/c1-5-7(9(11,12)13)3-6(10)4-8(5)14-2/h3-4,14H,1-2H3. The van der Waals surface area contributed by atoms with Crippen LogP contribution in [0.2, 0.25) is 0 Å². The van der Waals surface area contributed by atoms with Gasteiger partial charge in [-0.2, -0.15) is 13.2 Å². The summed E-state index contributed by atoms with van der Waals surface area (Å²) in [6.07, 6.45) is -4.36. The molecule has 0 fully saturated rings. The molecule has 0 aliphatic carbocycles. The maximum atomic E-state index is 12.5. The minimum Gasteiger partial charge on any atom is -0.388 e. The highest BCUT2D eigenvalue weighted by atomic mass is 19.4. The fraction of sp³-hybridized carbons (Fsp3) is 0.333. The zero-order valence-corrected chi connectivity index (χ0v) is 7.87. The Bertz CT molecular complexity index is 347. The number of anilines is 1. The lowest BCUT2D eigenvalue weighted by Gasteiger charge is -2.15. The van der Waals surface area contributed by atoms with Gasteiger partial charge in [0.25, 0.3) is 0 Å². The summed E-state index contributed by atoms with van der Waals surface area (Å²) in [4.78, 5) is 0. The SMILES string of the molecule is [B]c1cc(NC)c(C)c(C(F)(F)F)c1. The van der Waals surface area contributed by atoms with Crippen LogP contribution in [0.4, 0.5) is 18.9 Å². The molecular weight excluding hydrogens is 190 g/mol. The summed E-state index contributed by atoms with van der Waals surface area (Å²) in [5.74, 6) is 0. The normalized spacial score (nSPS) is 11.5. The molecule has 0 aliphatic rings. The van der Waals surface area contributed by atoms with E-state index in [9.17, 15) is 13.2 Å². The Morgan fingerprint density at radius 3 is 2.29 bits per heavy atom. The van der Waals surface area contributed by atoms with Crippen LogP contribution in [-0.4, -0.2) is 14.9 Å². The molecule has 0 unspecified atom stereocenters. The van der Waals surface area contributed by atoms with Gasteiger partial charge in [0.05, 0.1) is 5.56 Å². The maximum absolute atomic E-state index is 12.5. The summed E-state index contributed by atoms with van der Waals surface area (Å²) in [5, 5.41) is 2.67. The third-order valence-corrected chi connectivity index (χ3v) is 2.00. The molecule has 0 spiro atoms. The molecule has 0 saturated heterocycles. The van der Waals surface area contributed by atoms with Gasteiger partial charge in [0, 0.05) is 12.7 Å². The van der Waals surface area contributed by atoms with Crippen molar-refractivity contribution in [3.05, 3.63) is 23.3 Å². The fourth-order valence-electron chi connectivity index (χ4n) is 1.29. The molecule has 0 atom stereocenters. The first-order valence-electron chi connectivity index (χ1n) is 4.01. The zero-order valence-electron chi connectivity index (χ0n) is 7.87. The average molecular weight is 199 g/mol. The van der Waals surface area contributed by atoms with Crippen LogP contribution in [0.1, 0.15) is 11.1 Å². The fourth-order valence-corrected chi connectivity index (χ4v) is 1.29. The minimum absolute atomic E-state index is 0.104. The van der Waals surface area contributed by atoms with Gasteiger partial charge < -0.3 is 5.32 Å². The van der Waals surface area contributed by atoms with Crippen molar-refractivity contribution < 1.29 is 13.2 Å². The van der Waals surface area contributed by atoms with E-state index in [0.717, 1.165) is 6.07 Å². The van der Waals surface area contributed by atoms with Crippen molar-refractivity contribution in [3.8, 4) is 0 Å². The second-order valence-electron chi connectivity index (χ2n) is 2.99. The second-order valence-corrected chi connectivity index (χ2v) is 2.99. The average Bonchev–Trinajstić information content (AvgIpc) is 2.06. The summed E-state index contributed by atoms with van der Waals surface area (Å²) in [6.45, 7) is 1.41. The van der Waals surface area contributed by atoms with Crippen LogP contribution < -0.4 is 10.8 Å². The smallest absolute Gasteiger partial charge is 0.388 e. The summed E-state index contributed by atoms with van der Waals surface area (Å²) in [7, 11) is 6.92. The third-order valence-electron chi connectivity index (χ3n) is 2.00. The van der Waals surface area contributed by atoms with Crippen LogP contribution in [0, 0.1) is 6.92 Å². The van der Waals surface area contributed by atoms with Gasteiger partial charge in [0.1, 0.15) is 7.85 Å². The van der Waals surface area contributed by atoms with Crippen molar-refractivity contribution in [1.29, 1.82) is 0 Å². The Balaban J connectivity index is 3.37. The quantitative estimate of drug-likeness (QED) is 0.680. The van der Waals surface area contributed by atoms with Crippen LogP contribution in [0.5, 0.6) is 0 Å². The van der Waals surface area contributed by atoms with Gasteiger partial charge in [-0.25, -0.2) is 0 Å². The van der Waals surface area contributed by atoms with E-state index in [1.54, 1.807) is 7.05 Å². The summed E-state index contributed by atoms with van der Waals surface area (Å²) in [5.41, 5.74) is -0.0272. The van der Waals surface area contributed by atoms with E-state index in [4.69, 9.17) is 7.85 Å². The molecule has 0 heterocycles. The van der Waals surface area contributed by atoms with Crippen molar-refractivity contribution in [1.82, 2.24) is 0 Å². The summed E-state index contributed by atoms with van der Waals surface area (Å²) >= 11 is 0. The molecule has 1 rings (SSSR count). The van der Waals surface area contributed by atoms with Gasteiger partial charge in [-0.1, -0.05) is 11.5 Å². The van der Waals surface area contributed by atoms with Gasteiger partial charge in [0.15, 0.2) is 0 Å². The van der Waals surface area contributed by atoms with Gasteiger partial charge in [-0.3, -0.25) is 0 Å². The van der Waals surface area contributed by atoms with Crippen molar-refractivity contribution in [2.45, 2.75) is 13.1 Å². The van der Waals surface area contributed by atoms with Gasteiger partial charge >= 0.3 is 6.18 Å². The first kappa shape index (κ1) is 11.0. The van der Waals surface area contributed by atoms with Crippen LogP contribution in [0.15, 0.2) is 12.1 Å². The highest BCUT2D eigenvalue weighted by molar-refractivity contribution is 6.32. The van der Waals surface area contributed by atoms with Crippen LogP contribution in [0.3, 0.4) is 0 Å². The van der Waals surface area contributed by atoms with E-state index in [-0.39, 0.29) is 11.0 Å². The number of nitrogens with one attached hydrogen (secondary N) is 1. The Labute approximate surface area is 81.7 Å². The van der Waals surface area contributed by atoms with Gasteiger partial charge in [-0.05, 0) is 18.6 Å². The van der Waals surface area contributed by atoms with Gasteiger partial charge in [-0.15, -0.1) is 0 Å². The van der Waals surface area contributed by atoms with E-state index in [1.807, 2.05) is 0 Å². The molecule has 0 saturated carbocycles. The largest absolute Gasteiger partial charge is 0.416 e. The Morgan fingerprint density at radius 1 is 1.29 bits per heavy atom. The molecule has 1 aromatic carbocycles. The molecule has 14 heavy (non-hydrogen) atoms. The van der Waals surface area contributed by atoms with Crippen molar-refractivity contribution in [3.63, 3.8) is 0 Å². The van der Waals surface area contributed by atoms with Crippen LogP contribution >= 0.6 is 0 Å². The predicted molar refractivity (Wildman–Crippen MR) is 51.1 cm³/mol. The minimum atomic E-state index is -4.36. The zero-order chi connectivity index (χ0) is 10.9. The summed E-state index contributed by atoms with van der Waals surface area (Å²) < 4.78 is 37.4. The first-order valence-corrected chi connectivity index (χ1v) is 4.01. The number of hydrogen-bond donors (Lipinski definition) is 1. The lowest BCUT2D eigenvalue weighted by Crippen LogP contribution is -2.15. The molecule has 5 heteroatoms. The lowest BCUT2D eigenvalue weighted by atomic mass is 9.91. The molecule has 2 radical (unpaired) electrons. The van der Waals surface area contributed by atoms with Crippen LogP contribution in [-0.2, 0) is 6.18 Å². The second kappa shape index (κ2) is 3.56. The number of hydrogen-bond acceptors (Lipinski definition) is 1. The maximum Gasteiger partial charge on any atom is 0.416 e. The molecular formula is C9H9BF3N. The van der Waals surface area contributed by atoms with Crippen molar-refractivity contribution in [2.24, 2.45) is 0 Å². The summed E-state index contributed by atoms with van der Waals surface area (Å²) in [6, 6.07) is 2.42. The Kier molecular flexibility index (Phi) is 2.78. The predicted octanol–water partition coefficient (Wildman–Crippen LogP) is 1.85. The molecule has 74 valence electrons. The molecule has 1 N–H and O–H groups in total. The monoisotopic (exact) mass is 199 g/mol. The highest BCUT2D eigenvalue weighted by Crippen LogP contribution is 2.33. The third kappa shape index (κ3) is 2.03. The molecule has 0 amide bonds. The van der Waals surface area contributed by atoms with E-state index in [2.05, 4.69) is 5.32 Å². The van der Waals surface area contributed by atoms with E-state index < -0.39 is 11.7 Å². The molecule has 0 bridgehead atoms.